The molecule has 1 amide bonds. The first-order valence-corrected chi connectivity index (χ1v) is 16.1. The van der Waals surface area contributed by atoms with Crippen LogP contribution in [-0.4, -0.2) is 49.7 Å². The van der Waals surface area contributed by atoms with E-state index in [4.69, 9.17) is 14.5 Å². The van der Waals surface area contributed by atoms with Crippen molar-refractivity contribution in [3.8, 4) is 11.5 Å². The summed E-state index contributed by atoms with van der Waals surface area (Å²) in [5, 5.41) is 0. The van der Waals surface area contributed by atoms with Crippen molar-refractivity contribution >= 4 is 46.5 Å². The number of hydrogen-bond donors (Lipinski definition) is 0. The fraction of sp³-hybridized carbons (Fsp3) is 0.265. The molecular formula is C34H34N4O4S2. The van der Waals surface area contributed by atoms with E-state index in [9.17, 15) is 9.59 Å². The van der Waals surface area contributed by atoms with Gasteiger partial charge in [-0.1, -0.05) is 41.3 Å². The third kappa shape index (κ3) is 5.01. The van der Waals surface area contributed by atoms with Crippen molar-refractivity contribution in [2.75, 3.05) is 39.3 Å². The van der Waals surface area contributed by atoms with Crippen molar-refractivity contribution in [2.24, 2.45) is 4.99 Å². The molecule has 0 radical (unpaired) electrons. The summed E-state index contributed by atoms with van der Waals surface area (Å²) in [5.74, 6) is 1.00. The normalized spacial score (nSPS) is 15.7. The zero-order valence-electron chi connectivity index (χ0n) is 25.6. The van der Waals surface area contributed by atoms with Crippen molar-refractivity contribution in [3.05, 3.63) is 103 Å². The maximum atomic E-state index is 14.3. The van der Waals surface area contributed by atoms with Gasteiger partial charge in [-0.3, -0.25) is 14.2 Å². The van der Waals surface area contributed by atoms with Gasteiger partial charge in [-0.05, 0) is 74.9 Å². The molecule has 0 saturated heterocycles. The Hall–Kier alpha value is -4.28. The van der Waals surface area contributed by atoms with Crippen LogP contribution in [0.4, 0.5) is 11.4 Å². The summed E-state index contributed by atoms with van der Waals surface area (Å²) < 4.78 is 13.5. The molecule has 0 N–H and O–H groups in total. The number of para-hydroxylation sites is 1. The minimum Gasteiger partial charge on any atom is -0.497 e. The van der Waals surface area contributed by atoms with Gasteiger partial charge in [-0.15, -0.1) is 0 Å². The lowest BCUT2D eigenvalue weighted by Crippen LogP contribution is -2.43. The number of thiazole rings is 1. The van der Waals surface area contributed by atoms with E-state index in [0.717, 1.165) is 16.1 Å². The average molecular weight is 627 g/mol. The van der Waals surface area contributed by atoms with Gasteiger partial charge in [0.05, 0.1) is 41.4 Å². The van der Waals surface area contributed by atoms with Crippen LogP contribution in [0, 0.1) is 0 Å². The molecule has 1 atom stereocenters. The third-order valence-electron chi connectivity index (χ3n) is 8.12. The van der Waals surface area contributed by atoms with Gasteiger partial charge in [0.15, 0.2) is 4.80 Å². The van der Waals surface area contributed by atoms with E-state index in [1.54, 1.807) is 47.6 Å². The molecule has 0 bridgehead atoms. The minimum absolute atomic E-state index is 0.156. The van der Waals surface area contributed by atoms with E-state index in [0.29, 0.717) is 50.8 Å². The molecule has 10 heteroatoms. The number of fused-ring (bicyclic) bond motifs is 3. The average Bonchev–Trinajstić information content (AvgIpc) is 3.34. The number of carbonyl (C=O) groups is 1. The van der Waals surface area contributed by atoms with Crippen molar-refractivity contribution in [3.63, 3.8) is 0 Å². The molecule has 3 aromatic carbocycles. The van der Waals surface area contributed by atoms with Gasteiger partial charge in [0.1, 0.15) is 17.5 Å². The highest BCUT2D eigenvalue weighted by molar-refractivity contribution is 7.99. The fourth-order valence-corrected chi connectivity index (χ4v) is 8.07. The van der Waals surface area contributed by atoms with Crippen LogP contribution < -0.4 is 29.3 Å². The van der Waals surface area contributed by atoms with Gasteiger partial charge >= 0.3 is 0 Å². The van der Waals surface area contributed by atoms with E-state index in [1.165, 1.54) is 21.9 Å². The number of nitrogens with zero attached hydrogens (tertiary/aromatic N) is 4. The molecule has 2 aliphatic rings. The molecule has 8 nitrogen and oxygen atoms in total. The zero-order valence-corrected chi connectivity index (χ0v) is 27.2. The molecule has 0 fully saturated rings. The number of hydrogen-bond acceptors (Lipinski definition) is 8. The maximum Gasteiger partial charge on any atom is 0.271 e. The van der Waals surface area contributed by atoms with Gasteiger partial charge in [-0.25, -0.2) is 4.99 Å². The van der Waals surface area contributed by atoms with Crippen LogP contribution >= 0.6 is 23.1 Å². The van der Waals surface area contributed by atoms with Crippen LogP contribution in [0.2, 0.25) is 0 Å². The smallest absolute Gasteiger partial charge is 0.271 e. The molecule has 0 aliphatic carbocycles. The number of anilines is 2. The molecule has 0 unspecified atom stereocenters. The number of likely N-dealkylation sites (N-methyl/N-ethyl adjacent to an activating group) is 1. The maximum absolute atomic E-state index is 14.3. The highest BCUT2D eigenvalue weighted by Gasteiger charge is 2.36. The predicted molar refractivity (Wildman–Crippen MR) is 176 cm³/mol. The lowest BCUT2D eigenvalue weighted by Gasteiger charge is -2.30. The first kappa shape index (κ1) is 29.8. The van der Waals surface area contributed by atoms with Crippen molar-refractivity contribution in [2.45, 2.75) is 36.6 Å². The van der Waals surface area contributed by atoms with Crippen molar-refractivity contribution in [1.82, 2.24) is 9.47 Å². The number of amides is 1. The number of carbonyl (C=O) groups excluding carboxylic acids is 1. The number of aromatic nitrogens is 1. The van der Waals surface area contributed by atoms with E-state index in [-0.39, 0.29) is 11.5 Å². The topological polar surface area (TPSA) is 76.4 Å². The van der Waals surface area contributed by atoms with Crippen LogP contribution in [0.15, 0.2) is 91.5 Å². The van der Waals surface area contributed by atoms with E-state index in [1.807, 2.05) is 51.1 Å². The van der Waals surface area contributed by atoms with Gasteiger partial charge in [0.25, 0.3) is 11.5 Å². The first-order valence-electron chi connectivity index (χ1n) is 14.5. The molecule has 4 aromatic rings. The molecule has 3 heterocycles. The largest absolute Gasteiger partial charge is 0.497 e. The lowest BCUT2D eigenvalue weighted by molar-refractivity contribution is -0.127. The monoisotopic (exact) mass is 626 g/mol. The summed E-state index contributed by atoms with van der Waals surface area (Å²) in [6.07, 6.45) is 1.91. The summed E-state index contributed by atoms with van der Waals surface area (Å²) >= 11 is 3.05. The van der Waals surface area contributed by atoms with E-state index < -0.39 is 6.04 Å². The molecule has 1 aromatic heterocycles. The SMILES string of the molecule is CCN(CC)C(=O)C1=C(C)N=c2s/c(=C\c3ccc4c(c3)Sc3ccccc3N4C)c(=O)n2[C@@H]1c1cc(OC)ccc1OC. The van der Waals surface area contributed by atoms with Gasteiger partial charge in [0.2, 0.25) is 0 Å². The quantitative estimate of drug-likeness (QED) is 0.275. The molecule has 44 heavy (non-hydrogen) atoms. The molecule has 0 spiro atoms. The summed E-state index contributed by atoms with van der Waals surface area (Å²) in [4.78, 5) is 39.9. The highest BCUT2D eigenvalue weighted by Crippen LogP contribution is 2.47. The van der Waals surface area contributed by atoms with Crippen LogP contribution in [0.3, 0.4) is 0 Å². The molecule has 0 saturated carbocycles. The summed E-state index contributed by atoms with van der Waals surface area (Å²) in [6, 6.07) is 19.3. The van der Waals surface area contributed by atoms with Crippen LogP contribution in [0.1, 0.15) is 37.9 Å². The zero-order chi connectivity index (χ0) is 31.1. The number of benzene rings is 3. The van der Waals surface area contributed by atoms with Crippen molar-refractivity contribution in [1.29, 1.82) is 0 Å². The Morgan fingerprint density at radius 2 is 1.75 bits per heavy atom. The number of rotatable bonds is 7. The second-order valence-electron chi connectivity index (χ2n) is 10.5. The number of methoxy groups -OCH3 is 2. The van der Waals surface area contributed by atoms with Crippen LogP contribution in [0.25, 0.3) is 6.08 Å². The molecule has 2 aliphatic heterocycles. The Balaban J connectivity index is 1.52. The Bertz CT molecular complexity index is 1990. The predicted octanol–water partition coefficient (Wildman–Crippen LogP) is 5.35. The Kier molecular flexibility index (Phi) is 8.13. The highest BCUT2D eigenvalue weighted by atomic mass is 32.2. The number of ether oxygens (including phenoxy) is 2. The summed E-state index contributed by atoms with van der Waals surface area (Å²) in [6.45, 7) is 6.80. The second-order valence-corrected chi connectivity index (χ2v) is 12.6. The van der Waals surface area contributed by atoms with Gasteiger partial charge < -0.3 is 19.3 Å². The second kappa shape index (κ2) is 12.0. The van der Waals surface area contributed by atoms with Gasteiger partial charge in [-0.2, -0.15) is 0 Å². The third-order valence-corrected chi connectivity index (χ3v) is 10.2. The Morgan fingerprint density at radius 3 is 2.48 bits per heavy atom. The first-order chi connectivity index (χ1) is 21.3. The summed E-state index contributed by atoms with van der Waals surface area (Å²) in [5.41, 5.74) is 4.68. The Morgan fingerprint density at radius 1 is 1.00 bits per heavy atom. The van der Waals surface area contributed by atoms with Crippen LogP contribution in [-0.2, 0) is 4.79 Å². The Labute approximate surface area is 264 Å². The van der Waals surface area contributed by atoms with Gasteiger partial charge in [0, 0.05) is 35.5 Å². The molecular weight excluding hydrogens is 593 g/mol. The lowest BCUT2D eigenvalue weighted by atomic mass is 9.93. The van der Waals surface area contributed by atoms with E-state index in [2.05, 4.69) is 36.2 Å². The summed E-state index contributed by atoms with van der Waals surface area (Å²) in [7, 11) is 5.25. The van der Waals surface area contributed by atoms with Crippen molar-refractivity contribution < 1.29 is 14.3 Å². The van der Waals surface area contributed by atoms with Crippen LogP contribution in [0.5, 0.6) is 11.5 Å². The standard InChI is InChI=1S/C34H34N4O4S2/c1-7-37(8-2)33(40)30-20(3)35-34-38(31(30)23-19-22(41-5)14-16-26(23)42-6)32(39)29(44-34)18-21-13-15-25-28(17-21)43-27-12-10-9-11-24(27)36(25)4/h9-19,31H,7-8H2,1-6H3/b29-18-/t31-/m1/s1. The molecule has 6 rings (SSSR count). The fourth-order valence-electron chi connectivity index (χ4n) is 5.82. The number of allylic oxidation sites excluding steroid dienone is 1. The minimum atomic E-state index is -0.740. The van der Waals surface area contributed by atoms with E-state index >= 15 is 0 Å². The molecule has 226 valence electrons.